The van der Waals surface area contributed by atoms with Gasteiger partial charge in [-0.3, -0.25) is 0 Å². The third kappa shape index (κ3) is 4.93. The van der Waals surface area contributed by atoms with Crippen molar-refractivity contribution < 1.29 is 17.2 Å². The minimum absolute atomic E-state index is 0.156. The Hall–Kier alpha value is -1.79. The quantitative estimate of drug-likeness (QED) is 0.790. The van der Waals surface area contributed by atoms with Gasteiger partial charge < -0.3 is 5.32 Å². The summed E-state index contributed by atoms with van der Waals surface area (Å²) in [4.78, 5) is 0.256. The van der Waals surface area contributed by atoms with Crippen LogP contribution in [0.2, 0.25) is 0 Å². The molecule has 0 spiro atoms. The molecule has 146 valence electrons. The van der Waals surface area contributed by atoms with Crippen LogP contribution in [0.15, 0.2) is 47.4 Å². The molecule has 3 rings (SSSR count). The summed E-state index contributed by atoms with van der Waals surface area (Å²) in [7, 11) is -1.43. The van der Waals surface area contributed by atoms with E-state index in [1.165, 1.54) is 24.3 Å². The Morgan fingerprint density at radius 1 is 0.963 bits per heavy atom. The first-order valence-electron chi connectivity index (χ1n) is 9.32. The molecular weight excluding hydrogens is 368 g/mol. The number of sulfone groups is 1. The zero-order valence-corrected chi connectivity index (χ0v) is 16.2. The van der Waals surface area contributed by atoms with Crippen LogP contribution >= 0.6 is 0 Å². The fourth-order valence-corrected chi connectivity index (χ4v) is 5.56. The van der Waals surface area contributed by atoms with Gasteiger partial charge in [-0.1, -0.05) is 12.1 Å². The Balaban J connectivity index is 1.69. The van der Waals surface area contributed by atoms with Gasteiger partial charge in [0, 0.05) is 11.6 Å². The van der Waals surface area contributed by atoms with Crippen molar-refractivity contribution in [2.24, 2.45) is 11.8 Å². The molecule has 0 unspecified atom stereocenters. The monoisotopic (exact) mass is 393 g/mol. The van der Waals surface area contributed by atoms with Gasteiger partial charge in [-0.05, 0) is 80.9 Å². The van der Waals surface area contributed by atoms with Gasteiger partial charge in [-0.25, -0.2) is 17.2 Å². The summed E-state index contributed by atoms with van der Waals surface area (Å²) < 4.78 is 52.4. The number of benzene rings is 2. The first kappa shape index (κ1) is 20.0. The number of hydrogen-bond donors (Lipinski definition) is 1. The third-order valence-corrected chi connectivity index (χ3v) is 7.27. The molecule has 0 heterocycles. The lowest BCUT2D eigenvalue weighted by atomic mass is 9.83. The highest BCUT2D eigenvalue weighted by atomic mass is 32.2. The van der Waals surface area contributed by atoms with Crippen molar-refractivity contribution in [2.75, 3.05) is 19.3 Å². The van der Waals surface area contributed by atoms with Crippen LogP contribution in [0.3, 0.4) is 0 Å². The van der Waals surface area contributed by atoms with Gasteiger partial charge in [0.2, 0.25) is 0 Å². The van der Waals surface area contributed by atoms with Crippen molar-refractivity contribution in [1.82, 2.24) is 5.32 Å². The van der Waals surface area contributed by atoms with E-state index in [2.05, 4.69) is 5.32 Å². The molecule has 0 amide bonds. The van der Waals surface area contributed by atoms with E-state index in [1.54, 1.807) is 12.1 Å². The minimum Gasteiger partial charge on any atom is -0.319 e. The van der Waals surface area contributed by atoms with Crippen LogP contribution in [0, 0.1) is 23.5 Å². The van der Waals surface area contributed by atoms with Crippen LogP contribution in [0.1, 0.15) is 25.7 Å². The third-order valence-electron chi connectivity index (χ3n) is 5.37. The largest absolute Gasteiger partial charge is 0.319 e. The highest BCUT2D eigenvalue weighted by Gasteiger charge is 2.26. The summed E-state index contributed by atoms with van der Waals surface area (Å²) in [5, 5.41) is 3.19. The standard InChI is InChI=1S/C21H25F2NO2S/c1-24-13-15-2-4-16(5-3-15)14-27(25,26)19-9-6-17(7-10-19)20-11-8-18(22)12-21(20)23/h6-12,15-16,24H,2-5,13-14H2,1H3. The molecule has 1 saturated carbocycles. The van der Waals surface area contributed by atoms with Crippen LogP contribution in [0.25, 0.3) is 11.1 Å². The molecule has 0 aliphatic heterocycles. The Kier molecular flexibility index (Phi) is 6.27. The highest BCUT2D eigenvalue weighted by molar-refractivity contribution is 7.91. The van der Waals surface area contributed by atoms with E-state index >= 15 is 0 Å². The Bertz CT molecular complexity index is 874. The summed E-state index contributed by atoms with van der Waals surface area (Å²) in [6.07, 6.45) is 3.99. The molecule has 1 fully saturated rings. The summed E-state index contributed by atoms with van der Waals surface area (Å²) in [5.41, 5.74) is 0.780. The van der Waals surface area contributed by atoms with Crippen LogP contribution in [0.5, 0.6) is 0 Å². The van der Waals surface area contributed by atoms with E-state index in [1.807, 2.05) is 7.05 Å². The molecule has 6 heteroatoms. The van der Waals surface area contributed by atoms with Gasteiger partial charge in [0.1, 0.15) is 11.6 Å². The second kappa shape index (κ2) is 8.48. The second-order valence-electron chi connectivity index (χ2n) is 7.37. The van der Waals surface area contributed by atoms with Gasteiger partial charge in [0.05, 0.1) is 10.6 Å². The zero-order chi connectivity index (χ0) is 19.4. The maximum Gasteiger partial charge on any atom is 0.178 e. The molecular formula is C21H25F2NO2S. The fourth-order valence-electron chi connectivity index (χ4n) is 3.86. The number of halogens is 2. The minimum atomic E-state index is -3.37. The van der Waals surface area contributed by atoms with Crippen molar-refractivity contribution in [3.8, 4) is 11.1 Å². The fraction of sp³-hybridized carbons (Fsp3) is 0.429. The van der Waals surface area contributed by atoms with E-state index in [-0.39, 0.29) is 22.1 Å². The SMILES string of the molecule is CNCC1CCC(CS(=O)(=O)c2ccc(-c3ccc(F)cc3F)cc2)CC1. The summed E-state index contributed by atoms with van der Waals surface area (Å²) >= 11 is 0. The Morgan fingerprint density at radius 3 is 2.19 bits per heavy atom. The molecule has 2 aromatic carbocycles. The lowest BCUT2D eigenvalue weighted by Crippen LogP contribution is -2.27. The van der Waals surface area contributed by atoms with Crippen molar-refractivity contribution >= 4 is 9.84 Å². The van der Waals surface area contributed by atoms with Gasteiger partial charge in [-0.2, -0.15) is 0 Å². The van der Waals surface area contributed by atoms with Crippen LogP contribution in [-0.2, 0) is 9.84 Å². The second-order valence-corrected chi connectivity index (χ2v) is 9.41. The summed E-state index contributed by atoms with van der Waals surface area (Å²) in [5.74, 6) is -0.316. The Morgan fingerprint density at radius 2 is 1.59 bits per heavy atom. The average molecular weight is 393 g/mol. The van der Waals surface area contributed by atoms with Crippen molar-refractivity contribution in [2.45, 2.75) is 30.6 Å². The van der Waals surface area contributed by atoms with E-state index < -0.39 is 21.5 Å². The first-order chi connectivity index (χ1) is 12.9. The molecule has 27 heavy (non-hydrogen) atoms. The van der Waals surface area contributed by atoms with Gasteiger partial charge in [-0.15, -0.1) is 0 Å². The molecule has 0 bridgehead atoms. The molecule has 0 radical (unpaired) electrons. The average Bonchev–Trinajstić information content (AvgIpc) is 2.63. The van der Waals surface area contributed by atoms with Crippen LogP contribution in [0.4, 0.5) is 8.78 Å². The number of nitrogens with one attached hydrogen (secondary N) is 1. The zero-order valence-electron chi connectivity index (χ0n) is 15.4. The molecule has 0 atom stereocenters. The van der Waals surface area contributed by atoms with Crippen molar-refractivity contribution in [1.29, 1.82) is 0 Å². The number of hydrogen-bond acceptors (Lipinski definition) is 3. The molecule has 2 aromatic rings. The van der Waals surface area contributed by atoms with Gasteiger partial charge in [0.25, 0.3) is 0 Å². The maximum atomic E-state index is 13.9. The van der Waals surface area contributed by atoms with E-state index in [9.17, 15) is 17.2 Å². The predicted molar refractivity (Wildman–Crippen MR) is 103 cm³/mol. The molecule has 1 aliphatic carbocycles. The maximum absolute atomic E-state index is 13.9. The summed E-state index contributed by atoms with van der Waals surface area (Å²) in [6.45, 7) is 0.987. The van der Waals surface area contributed by atoms with Crippen molar-refractivity contribution in [3.63, 3.8) is 0 Å². The van der Waals surface area contributed by atoms with Crippen LogP contribution < -0.4 is 5.32 Å². The lowest BCUT2D eigenvalue weighted by Gasteiger charge is -2.28. The molecule has 0 aromatic heterocycles. The van der Waals surface area contributed by atoms with E-state index in [4.69, 9.17) is 0 Å². The highest BCUT2D eigenvalue weighted by Crippen LogP contribution is 2.31. The molecule has 0 saturated heterocycles. The smallest absolute Gasteiger partial charge is 0.178 e. The lowest BCUT2D eigenvalue weighted by molar-refractivity contribution is 0.287. The topological polar surface area (TPSA) is 46.2 Å². The first-order valence-corrected chi connectivity index (χ1v) is 11.0. The predicted octanol–water partition coefficient (Wildman–Crippen LogP) is 4.43. The normalized spacial score (nSPS) is 20.6. The molecule has 1 N–H and O–H groups in total. The molecule has 3 nitrogen and oxygen atoms in total. The number of rotatable bonds is 6. The van der Waals surface area contributed by atoms with E-state index in [0.717, 1.165) is 38.3 Å². The van der Waals surface area contributed by atoms with Crippen LogP contribution in [-0.4, -0.2) is 27.8 Å². The molecule has 1 aliphatic rings. The van der Waals surface area contributed by atoms with Gasteiger partial charge in [0.15, 0.2) is 9.84 Å². The van der Waals surface area contributed by atoms with Gasteiger partial charge >= 0.3 is 0 Å². The summed E-state index contributed by atoms with van der Waals surface area (Å²) in [6, 6.07) is 9.55. The van der Waals surface area contributed by atoms with Crippen molar-refractivity contribution in [3.05, 3.63) is 54.1 Å². The van der Waals surface area contributed by atoms with E-state index in [0.29, 0.717) is 11.5 Å². The Labute approximate surface area is 159 Å².